The maximum absolute atomic E-state index is 10.4. The minimum Gasteiger partial charge on any atom is -0.351 e. The Hall–Kier alpha value is -1.69. The molecule has 0 aromatic heterocycles. The van der Waals surface area contributed by atoms with Crippen LogP contribution in [0.25, 0.3) is 0 Å². The first-order valence-corrected chi connectivity index (χ1v) is 4.56. The van der Waals surface area contributed by atoms with Gasteiger partial charge in [-0.1, -0.05) is 0 Å². The average Bonchev–Trinajstić information content (AvgIpc) is 2.17. The SMILES string of the molecule is NC(=O)NSc1ccc(NC=O)cc1. The van der Waals surface area contributed by atoms with Crippen LogP contribution in [0.5, 0.6) is 0 Å². The van der Waals surface area contributed by atoms with Crippen LogP contribution >= 0.6 is 11.9 Å². The molecule has 0 saturated carbocycles. The van der Waals surface area contributed by atoms with Gasteiger partial charge in [0, 0.05) is 10.6 Å². The number of hydrogen-bond donors (Lipinski definition) is 3. The highest BCUT2D eigenvalue weighted by molar-refractivity contribution is 7.98. The van der Waals surface area contributed by atoms with Gasteiger partial charge in [-0.15, -0.1) is 0 Å². The molecule has 0 aliphatic rings. The summed E-state index contributed by atoms with van der Waals surface area (Å²) in [6.45, 7) is 0. The molecule has 3 amide bonds. The van der Waals surface area contributed by atoms with Crippen molar-refractivity contribution in [1.29, 1.82) is 0 Å². The zero-order chi connectivity index (χ0) is 10.4. The van der Waals surface area contributed by atoms with Gasteiger partial charge in [-0.25, -0.2) is 4.79 Å². The van der Waals surface area contributed by atoms with Gasteiger partial charge in [0.25, 0.3) is 0 Å². The number of carbonyl (C=O) groups is 2. The summed E-state index contributed by atoms with van der Waals surface area (Å²) in [6, 6.07) is 6.36. The average molecular weight is 211 g/mol. The van der Waals surface area contributed by atoms with E-state index < -0.39 is 6.03 Å². The Kier molecular flexibility index (Phi) is 3.81. The second-order valence-corrected chi connectivity index (χ2v) is 3.23. The predicted molar refractivity (Wildman–Crippen MR) is 54.7 cm³/mol. The fourth-order valence-corrected chi connectivity index (χ4v) is 1.29. The van der Waals surface area contributed by atoms with E-state index in [1.54, 1.807) is 24.3 Å². The van der Waals surface area contributed by atoms with Crippen LogP contribution in [0.15, 0.2) is 29.2 Å². The Labute approximate surface area is 85.2 Å². The zero-order valence-corrected chi connectivity index (χ0v) is 8.01. The normalized spacial score (nSPS) is 9.14. The Morgan fingerprint density at radius 3 is 2.50 bits per heavy atom. The van der Waals surface area contributed by atoms with Crippen LogP contribution in [0.1, 0.15) is 0 Å². The molecular weight excluding hydrogens is 202 g/mol. The van der Waals surface area contributed by atoms with Gasteiger partial charge in [0.1, 0.15) is 0 Å². The number of primary amides is 1. The molecule has 74 valence electrons. The van der Waals surface area contributed by atoms with E-state index in [2.05, 4.69) is 10.0 Å². The molecule has 1 aromatic rings. The zero-order valence-electron chi connectivity index (χ0n) is 7.19. The highest BCUT2D eigenvalue weighted by Crippen LogP contribution is 2.16. The monoisotopic (exact) mass is 211 g/mol. The van der Waals surface area contributed by atoms with Gasteiger partial charge in [-0.2, -0.15) is 0 Å². The summed E-state index contributed by atoms with van der Waals surface area (Å²) in [5.41, 5.74) is 5.59. The summed E-state index contributed by atoms with van der Waals surface area (Å²) in [5.74, 6) is 0. The van der Waals surface area contributed by atoms with Crippen LogP contribution < -0.4 is 15.8 Å². The fourth-order valence-electron chi connectivity index (χ4n) is 0.796. The largest absolute Gasteiger partial charge is 0.351 e. The van der Waals surface area contributed by atoms with E-state index in [4.69, 9.17) is 5.73 Å². The van der Waals surface area contributed by atoms with E-state index in [9.17, 15) is 9.59 Å². The van der Waals surface area contributed by atoms with Crippen molar-refractivity contribution in [2.45, 2.75) is 4.90 Å². The topological polar surface area (TPSA) is 84.2 Å². The van der Waals surface area contributed by atoms with E-state index in [-0.39, 0.29) is 0 Å². The third-order valence-corrected chi connectivity index (χ3v) is 2.16. The van der Waals surface area contributed by atoms with Gasteiger partial charge in [0.2, 0.25) is 6.41 Å². The fraction of sp³-hybridized carbons (Fsp3) is 0. The number of hydrogen-bond acceptors (Lipinski definition) is 3. The van der Waals surface area contributed by atoms with Crippen molar-refractivity contribution in [3.8, 4) is 0 Å². The lowest BCUT2D eigenvalue weighted by Crippen LogP contribution is -2.22. The Bertz CT molecular complexity index is 326. The summed E-state index contributed by atoms with van der Waals surface area (Å²) in [7, 11) is 0. The molecule has 0 spiro atoms. The molecule has 0 fully saturated rings. The summed E-state index contributed by atoms with van der Waals surface area (Å²) in [5, 5.41) is 2.50. The molecular formula is C8H9N3O2S. The maximum Gasteiger partial charge on any atom is 0.322 e. The first-order chi connectivity index (χ1) is 6.72. The van der Waals surface area contributed by atoms with Gasteiger partial charge in [-0.05, 0) is 36.2 Å². The molecule has 4 N–H and O–H groups in total. The molecule has 0 heterocycles. The highest BCUT2D eigenvalue weighted by atomic mass is 32.2. The first kappa shape index (κ1) is 10.4. The summed E-state index contributed by atoms with van der Waals surface area (Å²) in [6.07, 6.45) is 0.601. The van der Waals surface area contributed by atoms with Crippen LogP contribution in [0.4, 0.5) is 10.5 Å². The van der Waals surface area contributed by atoms with Crippen LogP contribution in [0.3, 0.4) is 0 Å². The van der Waals surface area contributed by atoms with Gasteiger partial charge in [-0.3, -0.25) is 9.52 Å². The second-order valence-electron chi connectivity index (χ2n) is 2.35. The van der Waals surface area contributed by atoms with Crippen molar-refractivity contribution >= 4 is 30.1 Å². The molecule has 0 bridgehead atoms. The highest BCUT2D eigenvalue weighted by Gasteiger charge is 1.96. The minimum absolute atomic E-state index is 0.593. The molecule has 0 aliphatic carbocycles. The standard InChI is InChI=1S/C8H9N3O2S/c9-8(13)11-14-7-3-1-6(2-4-7)10-5-12/h1-5H,(H,10,12)(H3,9,11,13). The molecule has 0 unspecified atom stereocenters. The molecule has 0 atom stereocenters. The molecule has 0 aliphatic heterocycles. The van der Waals surface area contributed by atoms with Crippen molar-refractivity contribution in [3.63, 3.8) is 0 Å². The van der Waals surface area contributed by atoms with Gasteiger partial charge >= 0.3 is 6.03 Å². The molecule has 5 nitrogen and oxygen atoms in total. The summed E-state index contributed by atoms with van der Waals surface area (Å²) in [4.78, 5) is 21.3. The van der Waals surface area contributed by atoms with Crippen LogP contribution in [-0.4, -0.2) is 12.4 Å². The van der Waals surface area contributed by atoms with Crippen molar-refractivity contribution in [3.05, 3.63) is 24.3 Å². The lowest BCUT2D eigenvalue weighted by atomic mass is 10.3. The van der Waals surface area contributed by atoms with Gasteiger partial charge in [0.05, 0.1) is 0 Å². The molecule has 0 saturated heterocycles. The minimum atomic E-state index is -0.593. The van der Waals surface area contributed by atoms with Crippen LogP contribution in [-0.2, 0) is 4.79 Å². The van der Waals surface area contributed by atoms with E-state index >= 15 is 0 Å². The Morgan fingerprint density at radius 1 is 1.36 bits per heavy atom. The lowest BCUT2D eigenvalue weighted by molar-refractivity contribution is -0.105. The van der Waals surface area contributed by atoms with E-state index in [1.807, 2.05) is 0 Å². The number of urea groups is 1. The third-order valence-electron chi connectivity index (χ3n) is 1.35. The number of nitrogens with one attached hydrogen (secondary N) is 2. The number of carbonyl (C=O) groups excluding carboxylic acids is 2. The van der Waals surface area contributed by atoms with E-state index in [0.717, 1.165) is 16.8 Å². The van der Waals surface area contributed by atoms with Crippen molar-refractivity contribution in [2.24, 2.45) is 5.73 Å². The number of nitrogens with two attached hydrogens (primary N) is 1. The van der Waals surface area contributed by atoms with Gasteiger partial charge < -0.3 is 11.1 Å². The molecule has 1 rings (SSSR count). The van der Waals surface area contributed by atoms with Crippen LogP contribution in [0.2, 0.25) is 0 Å². The number of amides is 3. The lowest BCUT2D eigenvalue weighted by Gasteiger charge is -2.02. The first-order valence-electron chi connectivity index (χ1n) is 3.75. The summed E-state index contributed by atoms with van der Waals surface area (Å²) < 4.78 is 2.38. The van der Waals surface area contributed by atoms with E-state index in [0.29, 0.717) is 12.1 Å². The predicted octanol–water partition coefficient (Wildman–Crippen LogP) is 0.930. The number of rotatable bonds is 4. The second kappa shape index (κ2) is 5.13. The Morgan fingerprint density at radius 2 is 2.00 bits per heavy atom. The van der Waals surface area contributed by atoms with E-state index in [1.165, 1.54) is 0 Å². The van der Waals surface area contributed by atoms with Crippen molar-refractivity contribution < 1.29 is 9.59 Å². The molecule has 1 aromatic carbocycles. The number of anilines is 1. The van der Waals surface area contributed by atoms with Gasteiger partial charge in [0.15, 0.2) is 0 Å². The van der Waals surface area contributed by atoms with Crippen molar-refractivity contribution in [2.75, 3.05) is 5.32 Å². The molecule has 0 radical (unpaired) electrons. The molecule has 6 heteroatoms. The third kappa shape index (κ3) is 3.36. The summed E-state index contributed by atoms with van der Waals surface area (Å²) >= 11 is 1.11. The number of benzene rings is 1. The molecule has 14 heavy (non-hydrogen) atoms. The van der Waals surface area contributed by atoms with Crippen molar-refractivity contribution in [1.82, 2.24) is 4.72 Å². The Balaban J connectivity index is 2.54. The quantitative estimate of drug-likeness (QED) is 0.511. The smallest absolute Gasteiger partial charge is 0.322 e. The maximum atomic E-state index is 10.4. The van der Waals surface area contributed by atoms with Crippen LogP contribution in [0, 0.1) is 0 Å².